The van der Waals surface area contributed by atoms with Crippen LogP contribution in [0, 0.1) is 6.92 Å². The number of benzene rings is 2. The number of aromatic nitrogens is 4. The van der Waals surface area contributed by atoms with Gasteiger partial charge >= 0.3 is 0 Å². The van der Waals surface area contributed by atoms with Crippen molar-refractivity contribution in [2.75, 3.05) is 16.8 Å². The standard InChI is InChI=1S/C31H26N6O3S2/c1-20-26(30(40)37(34(20)2)22-13-7-4-8-14-22)36-29(39)24(42-31(36)41)19-23-27(32-17-16-21-11-5-3-6-12-21)33-25-15-9-10-18-35(25)28(23)38/h3-15,18-19,32H,16-17H2,1-2H3. The molecular weight excluding hydrogens is 569 g/mol. The summed E-state index contributed by atoms with van der Waals surface area (Å²) in [5, 5.41) is 3.29. The van der Waals surface area contributed by atoms with Crippen LogP contribution < -0.4 is 21.3 Å². The number of nitrogens with one attached hydrogen (secondary N) is 1. The number of thiocarbonyl (C=S) groups is 1. The van der Waals surface area contributed by atoms with Gasteiger partial charge in [0.05, 0.1) is 21.8 Å². The third kappa shape index (κ3) is 4.86. The maximum absolute atomic E-state index is 13.8. The lowest BCUT2D eigenvalue weighted by Gasteiger charge is -2.13. The van der Waals surface area contributed by atoms with E-state index in [-0.39, 0.29) is 31.6 Å². The summed E-state index contributed by atoms with van der Waals surface area (Å²) in [6.07, 6.45) is 3.88. The minimum absolute atomic E-state index is 0.182. The molecule has 2 aromatic carbocycles. The molecule has 9 nitrogen and oxygen atoms in total. The second-order valence-electron chi connectivity index (χ2n) is 9.70. The van der Waals surface area contributed by atoms with Crippen LogP contribution in [-0.2, 0) is 18.3 Å². The fourth-order valence-corrected chi connectivity index (χ4v) is 6.19. The Hall–Kier alpha value is -4.74. The summed E-state index contributed by atoms with van der Waals surface area (Å²) in [5.74, 6) is -0.0986. The zero-order valence-corrected chi connectivity index (χ0v) is 24.5. The Morgan fingerprint density at radius 2 is 1.62 bits per heavy atom. The summed E-state index contributed by atoms with van der Waals surface area (Å²) in [6, 6.07) is 24.5. The molecular formula is C31H26N6O3S2. The minimum Gasteiger partial charge on any atom is -0.369 e. The fourth-order valence-electron chi connectivity index (χ4n) is 4.94. The van der Waals surface area contributed by atoms with Gasteiger partial charge in [-0.1, -0.05) is 78.6 Å². The van der Waals surface area contributed by atoms with Crippen LogP contribution in [0.2, 0.25) is 0 Å². The predicted molar refractivity (Wildman–Crippen MR) is 171 cm³/mol. The van der Waals surface area contributed by atoms with E-state index in [1.54, 1.807) is 37.0 Å². The lowest BCUT2D eigenvalue weighted by atomic mass is 10.1. The van der Waals surface area contributed by atoms with Crippen LogP contribution in [0.15, 0.2) is 99.6 Å². The van der Waals surface area contributed by atoms with Crippen LogP contribution in [-0.4, -0.2) is 35.5 Å². The second-order valence-corrected chi connectivity index (χ2v) is 11.4. The number of anilines is 2. The van der Waals surface area contributed by atoms with Crippen LogP contribution in [0.25, 0.3) is 17.4 Å². The number of nitrogens with zero attached hydrogens (tertiary/aromatic N) is 5. The molecule has 42 heavy (non-hydrogen) atoms. The minimum atomic E-state index is -0.469. The molecule has 0 radical (unpaired) electrons. The zero-order valence-electron chi connectivity index (χ0n) is 22.9. The maximum atomic E-state index is 13.8. The largest absolute Gasteiger partial charge is 0.369 e. The molecule has 1 fully saturated rings. The molecule has 0 saturated carbocycles. The quantitative estimate of drug-likeness (QED) is 0.218. The summed E-state index contributed by atoms with van der Waals surface area (Å²) < 4.78 is 4.85. The monoisotopic (exact) mass is 594 g/mol. The third-order valence-electron chi connectivity index (χ3n) is 7.13. The van der Waals surface area contributed by atoms with Crippen molar-refractivity contribution < 1.29 is 4.79 Å². The van der Waals surface area contributed by atoms with Crippen molar-refractivity contribution in [2.45, 2.75) is 13.3 Å². The molecule has 1 aliphatic rings. The van der Waals surface area contributed by atoms with E-state index in [4.69, 9.17) is 17.2 Å². The first-order chi connectivity index (χ1) is 20.3. The topological polar surface area (TPSA) is 93.6 Å². The van der Waals surface area contributed by atoms with Gasteiger partial charge in [-0.15, -0.1) is 0 Å². The van der Waals surface area contributed by atoms with Crippen molar-refractivity contribution in [2.24, 2.45) is 7.05 Å². The van der Waals surface area contributed by atoms with Crippen LogP contribution in [0.1, 0.15) is 16.8 Å². The normalized spacial score (nSPS) is 14.3. The van der Waals surface area contributed by atoms with Gasteiger partial charge in [-0.25, -0.2) is 9.67 Å². The molecule has 1 amide bonds. The van der Waals surface area contributed by atoms with E-state index in [2.05, 4.69) is 5.32 Å². The van der Waals surface area contributed by atoms with E-state index < -0.39 is 5.91 Å². The summed E-state index contributed by atoms with van der Waals surface area (Å²) in [5.41, 5.74) is 2.60. The summed E-state index contributed by atoms with van der Waals surface area (Å²) in [6.45, 7) is 2.30. The zero-order chi connectivity index (χ0) is 29.4. The van der Waals surface area contributed by atoms with Gasteiger partial charge in [-0.3, -0.25) is 28.4 Å². The smallest absolute Gasteiger partial charge is 0.296 e. The van der Waals surface area contributed by atoms with Gasteiger partial charge in [-0.2, -0.15) is 0 Å². The summed E-state index contributed by atoms with van der Waals surface area (Å²) >= 11 is 6.65. The van der Waals surface area contributed by atoms with Crippen LogP contribution >= 0.6 is 24.0 Å². The van der Waals surface area contributed by atoms with Crippen LogP contribution in [0.3, 0.4) is 0 Å². The number of rotatable bonds is 7. The van der Waals surface area contributed by atoms with Gasteiger partial charge < -0.3 is 5.32 Å². The van der Waals surface area contributed by atoms with Gasteiger partial charge in [0.15, 0.2) is 4.32 Å². The Bertz CT molecular complexity index is 1990. The number of hydrogen-bond donors (Lipinski definition) is 1. The Balaban J connectivity index is 1.39. The van der Waals surface area contributed by atoms with Crippen molar-refractivity contribution in [3.63, 3.8) is 0 Å². The average Bonchev–Trinajstić information content (AvgIpc) is 3.40. The van der Waals surface area contributed by atoms with E-state index in [0.29, 0.717) is 29.4 Å². The second kappa shape index (κ2) is 11.3. The van der Waals surface area contributed by atoms with Crippen LogP contribution in [0.5, 0.6) is 0 Å². The number of pyridine rings is 1. The predicted octanol–water partition coefficient (Wildman–Crippen LogP) is 4.55. The fraction of sp³-hybridized carbons (Fsp3) is 0.129. The van der Waals surface area contributed by atoms with E-state index in [1.165, 1.54) is 20.1 Å². The average molecular weight is 595 g/mol. The first-order valence-corrected chi connectivity index (χ1v) is 14.5. The Morgan fingerprint density at radius 1 is 0.929 bits per heavy atom. The third-order valence-corrected chi connectivity index (χ3v) is 8.44. The number of carbonyl (C=O) groups excluding carboxylic acids is 1. The Morgan fingerprint density at radius 3 is 2.36 bits per heavy atom. The highest BCUT2D eigenvalue weighted by molar-refractivity contribution is 8.27. The molecule has 0 bridgehead atoms. The SMILES string of the molecule is Cc1c(N2C(=O)C(=Cc3c(NCCc4ccccc4)nc4ccccn4c3=O)SC2=S)c(=O)n(-c2ccccc2)n1C. The van der Waals surface area contributed by atoms with Gasteiger partial charge in [0.2, 0.25) is 0 Å². The van der Waals surface area contributed by atoms with Gasteiger partial charge in [-0.05, 0) is 49.2 Å². The van der Waals surface area contributed by atoms with Crippen molar-refractivity contribution in [1.29, 1.82) is 0 Å². The molecule has 1 saturated heterocycles. The Kier molecular flexibility index (Phi) is 7.36. The molecule has 11 heteroatoms. The van der Waals surface area contributed by atoms with E-state index in [0.717, 1.165) is 23.7 Å². The molecule has 1 aliphatic heterocycles. The molecule has 1 N–H and O–H groups in total. The number of thioether (sulfide) groups is 1. The van der Waals surface area contributed by atoms with Gasteiger partial charge in [0, 0.05) is 19.8 Å². The maximum Gasteiger partial charge on any atom is 0.296 e. The van der Waals surface area contributed by atoms with Gasteiger partial charge in [0.1, 0.15) is 17.2 Å². The number of hydrogen-bond acceptors (Lipinski definition) is 7. The molecule has 0 aliphatic carbocycles. The molecule has 5 aromatic rings. The van der Waals surface area contributed by atoms with Crippen molar-refractivity contribution in [3.8, 4) is 5.69 Å². The first kappa shape index (κ1) is 27.4. The van der Waals surface area contributed by atoms with Crippen molar-refractivity contribution in [1.82, 2.24) is 18.7 Å². The van der Waals surface area contributed by atoms with Crippen LogP contribution in [0.4, 0.5) is 11.5 Å². The molecule has 210 valence electrons. The molecule has 6 rings (SSSR count). The molecule has 0 atom stereocenters. The van der Waals surface area contributed by atoms with Crippen molar-refractivity contribution in [3.05, 3.63) is 127 Å². The summed E-state index contributed by atoms with van der Waals surface area (Å²) in [4.78, 5) is 47.3. The number of para-hydroxylation sites is 1. The molecule has 0 spiro atoms. The lowest BCUT2D eigenvalue weighted by molar-refractivity contribution is -0.113. The number of amides is 1. The molecule has 0 unspecified atom stereocenters. The highest BCUT2D eigenvalue weighted by atomic mass is 32.2. The molecule has 4 heterocycles. The first-order valence-electron chi connectivity index (χ1n) is 13.3. The molecule has 3 aromatic heterocycles. The van der Waals surface area contributed by atoms with E-state index in [9.17, 15) is 14.4 Å². The van der Waals surface area contributed by atoms with E-state index >= 15 is 0 Å². The van der Waals surface area contributed by atoms with Gasteiger partial charge in [0.25, 0.3) is 17.0 Å². The van der Waals surface area contributed by atoms with E-state index in [1.807, 2.05) is 66.7 Å². The lowest BCUT2D eigenvalue weighted by Crippen LogP contribution is -2.33. The highest BCUT2D eigenvalue weighted by Gasteiger charge is 2.38. The van der Waals surface area contributed by atoms with Crippen molar-refractivity contribution >= 4 is 57.4 Å². The number of carbonyl (C=O) groups is 1. The number of fused-ring (bicyclic) bond motifs is 1. The highest BCUT2D eigenvalue weighted by Crippen LogP contribution is 2.36. The summed E-state index contributed by atoms with van der Waals surface area (Å²) in [7, 11) is 1.76. The Labute approximate surface area is 250 Å².